The zero-order valence-corrected chi connectivity index (χ0v) is 84.3. The molecule has 10 aromatic rings. The minimum absolute atomic E-state index is 0.0786. The fourth-order valence-corrected chi connectivity index (χ4v) is 18.9. The second-order valence-electron chi connectivity index (χ2n) is 34.7. The van der Waals surface area contributed by atoms with E-state index < -0.39 is 88.0 Å². The highest BCUT2D eigenvalue weighted by Gasteiger charge is 2.27. The van der Waals surface area contributed by atoms with Gasteiger partial charge >= 0.3 is 0 Å². The van der Waals surface area contributed by atoms with Gasteiger partial charge in [0.1, 0.15) is 12.2 Å². The van der Waals surface area contributed by atoms with Gasteiger partial charge in [0, 0.05) is 120 Å². The van der Waals surface area contributed by atoms with Crippen LogP contribution in [-0.2, 0) is 110 Å². The number of hydrogen-bond donors (Lipinski definition) is 14. The van der Waals surface area contributed by atoms with Gasteiger partial charge in [-0.1, -0.05) is 182 Å². The summed E-state index contributed by atoms with van der Waals surface area (Å²) in [6, 6.07) is 69.9. The number of aliphatic hydroxyl groups is 2. The van der Waals surface area contributed by atoms with Gasteiger partial charge in [0.2, 0.25) is 0 Å². The summed E-state index contributed by atoms with van der Waals surface area (Å²) in [7, 11) is -19.4. The second kappa shape index (κ2) is 56.6. The van der Waals surface area contributed by atoms with Gasteiger partial charge in [0.05, 0.1) is 78.0 Å². The second-order valence-corrected chi connectivity index (χ2v) is 45.7. The first-order chi connectivity index (χ1) is 64.2. The fourth-order valence-electron chi connectivity index (χ4n) is 15.4. The molecule has 0 saturated heterocycles. The monoisotopic (exact) mass is 2040 g/mol. The molecule has 137 heavy (non-hydrogen) atoms. The Morgan fingerprint density at radius 1 is 0.431 bits per heavy atom. The molecule has 0 bridgehead atoms. The maximum absolute atomic E-state index is 10.9. The number of rotatable bonds is 43. The van der Waals surface area contributed by atoms with Crippen LogP contribution in [0.5, 0.6) is 0 Å². The number of aromatic nitrogens is 2. The van der Waals surface area contributed by atoms with E-state index in [0.717, 1.165) is 95.5 Å². The lowest BCUT2D eigenvalue weighted by molar-refractivity contribution is -0.903. The van der Waals surface area contributed by atoms with Gasteiger partial charge in [-0.05, 0) is 183 Å². The molecule has 4 heterocycles. The summed E-state index contributed by atoms with van der Waals surface area (Å²) in [4.78, 5) is 25.3. The molecule has 36 nitrogen and oxygen atoms in total. The molecule has 1 unspecified atom stereocenters. The predicted octanol–water partition coefficient (Wildman–Crippen LogP) is 11.0. The first-order valence-electron chi connectivity index (χ1n) is 44.9. The number of benzene rings is 8. The van der Waals surface area contributed by atoms with Gasteiger partial charge in [-0.3, -0.25) is 51.8 Å². The molecular formula is C94H137N11O25S7+2. The number of quaternary nitrogens is 2. The van der Waals surface area contributed by atoms with E-state index in [9.17, 15) is 79.3 Å². The van der Waals surface area contributed by atoms with Crippen molar-refractivity contribution in [3.63, 3.8) is 0 Å². The third kappa shape index (κ3) is 47.8. The molecule has 2 aromatic heterocycles. The van der Waals surface area contributed by atoms with Crippen molar-refractivity contribution in [3.05, 3.63) is 284 Å². The van der Waals surface area contributed by atoms with Gasteiger partial charge in [-0.15, -0.1) is 0 Å². The van der Waals surface area contributed by atoms with Crippen LogP contribution in [0.15, 0.2) is 218 Å². The highest BCUT2D eigenvalue weighted by Crippen LogP contribution is 2.33. The lowest BCUT2D eigenvalue weighted by Crippen LogP contribution is -2.40. The lowest BCUT2D eigenvalue weighted by atomic mass is 9.99. The maximum atomic E-state index is 10.9. The summed E-state index contributed by atoms with van der Waals surface area (Å²) in [6.07, 6.45) is 4.04. The quantitative estimate of drug-likeness (QED) is 0.00555. The molecule has 0 fully saturated rings. The zero-order valence-electron chi connectivity index (χ0n) is 78.6. The van der Waals surface area contributed by atoms with Crippen LogP contribution < -0.4 is 16.4 Å². The Morgan fingerprint density at radius 2 is 0.766 bits per heavy atom. The topological polar surface area (TPSA) is 560 Å². The van der Waals surface area contributed by atoms with E-state index in [1.54, 1.807) is 12.1 Å². The Kier molecular flexibility index (Phi) is 48.3. The van der Waals surface area contributed by atoms with Gasteiger partial charge < -0.3 is 50.8 Å². The Balaban J connectivity index is 0.000000246. The van der Waals surface area contributed by atoms with Crippen molar-refractivity contribution in [3.8, 4) is 0 Å². The number of nitrogens with one attached hydrogen (secondary N) is 4. The summed E-state index contributed by atoms with van der Waals surface area (Å²) in [6.45, 7) is 13.8. The van der Waals surface area contributed by atoms with Gasteiger partial charge in [0.25, 0.3) is 76.5 Å². The number of aliphatic hydroxyl groups excluding tert-OH is 2. The molecule has 6 atom stereocenters. The van der Waals surface area contributed by atoms with Gasteiger partial charge in [-0.25, -0.2) is 0 Å². The molecule has 43 heteroatoms. The number of nitrogens with zero attached hydrogens (tertiary/aromatic N) is 6. The SMILES string of the molecule is C[C@@H](NCCCS(=O)(=O)O)c1ccccc1.C[C@H]([C@@H](O)c1ccccc1)N(C)CCCS(=O)(=O)O.C[C@H]([C@@H](O)c1ccccc1)N(C)CCCS(=O)(=O)O.C[N+](C)(CCCS(=O)(=O)O)Cc1ccccc1.O=S(=O)(O)CCCNC(Cc1ccccc1)c1ccccc1.O=[N+]([O-])c1ccc2[nH]c3c(c2c1)CCN(CCCS(=O)(=O)O)C3.[NH3+]c1ccc2[nH]c3c(c2c1)CCN(CCCS(=O)(=O)O)C3. The highest BCUT2D eigenvalue weighted by molar-refractivity contribution is 7.87. The molecule has 2 aliphatic rings. The van der Waals surface area contributed by atoms with Crippen LogP contribution in [0.3, 0.4) is 0 Å². The van der Waals surface area contributed by atoms with Crippen molar-refractivity contribution in [2.75, 3.05) is 127 Å². The summed E-state index contributed by atoms with van der Waals surface area (Å²) in [5.74, 6) is -1.50. The van der Waals surface area contributed by atoms with Crippen LogP contribution in [0, 0.1) is 10.1 Å². The van der Waals surface area contributed by atoms with E-state index in [-0.39, 0.29) is 70.1 Å². The number of H-pyrrole nitrogens is 2. The molecule has 0 radical (unpaired) electrons. The van der Waals surface area contributed by atoms with Crippen LogP contribution in [0.25, 0.3) is 21.8 Å². The number of likely N-dealkylation sites (N-methyl/N-ethyl adjacent to an activating group) is 2. The average Bonchev–Trinajstić information content (AvgIpc) is 1.64. The van der Waals surface area contributed by atoms with Crippen molar-refractivity contribution in [2.45, 2.75) is 141 Å². The van der Waals surface area contributed by atoms with E-state index in [0.29, 0.717) is 102 Å². The number of non-ortho nitro benzene ring substituents is 1. The molecule has 0 amide bonds. The van der Waals surface area contributed by atoms with E-state index in [2.05, 4.69) is 98.8 Å². The Labute approximate surface area is 807 Å². The smallest absolute Gasteiger partial charge is 0.270 e. The van der Waals surface area contributed by atoms with Crippen LogP contribution in [0.4, 0.5) is 11.4 Å². The van der Waals surface area contributed by atoms with Crippen molar-refractivity contribution >= 4 is 104 Å². The minimum Gasteiger partial charge on any atom is -0.387 e. The highest BCUT2D eigenvalue weighted by atomic mass is 32.2. The van der Waals surface area contributed by atoms with Crippen molar-refractivity contribution < 1.29 is 116 Å². The van der Waals surface area contributed by atoms with Gasteiger partial charge in [-0.2, -0.15) is 58.9 Å². The fraction of sp³-hybridized carbons (Fsp3) is 0.447. The van der Waals surface area contributed by atoms with Gasteiger partial charge in [0.15, 0.2) is 0 Å². The minimum atomic E-state index is -3.92. The van der Waals surface area contributed by atoms with E-state index in [4.69, 9.17) is 31.9 Å². The summed E-state index contributed by atoms with van der Waals surface area (Å²) < 4.78 is 211. The number of nitro benzene ring substituents is 1. The third-order valence-electron chi connectivity index (χ3n) is 22.9. The standard InChI is InChI=1S/C17H21NO3S.C14H17N3O5S.C14H19N3O3S.2C13H21NO4S.C12H19NO3S.C11H17NO3S/c19-22(20,21)13-7-12-18-17(16-10-5-2-6-11-16)14-15-8-3-1-4-9-15;18-17(19)10-2-3-13-12(8-10)11-4-6-16(9-14(11)15-13)5-1-7-23(20,21)22;15-10-2-3-13-12(8-10)11-4-6-17(9-14(11)16-13)5-1-7-21(18,19)20;2*1-11(13(15)12-7-4-3-5-8-12)14(2)9-6-10-19(16,17)18;1-13(2,9-6-10-17(14,15)16)11-12-7-4-3-5-8-12;1-10(11-6-3-2-4-7-11)12-8-5-9-16(13,14)15/h1-6,8-11,17-18H,7,12-14H2,(H,19,20,21);2-3,8,15H,1,4-7,9H2,(H,20,21,22);2-3,8,16H,1,4-7,9,15H2,(H,18,19,20);2*3-5,7-8,11,13,15H,6,9-10H2,1-2H3,(H,16,17,18);3-5,7-8H,6,9-11H2,1-2H3;2-4,6-7,10,12H,5,8-9H2,1H3,(H,13,14,15)/p+2/t;;;2*11-,13-;;10-/m...11.1/s1. The number of aromatic amines is 2. The molecular weight excluding hydrogens is 1910 g/mol. The normalized spacial score (nSPS) is 14.6. The largest absolute Gasteiger partial charge is 0.387 e. The van der Waals surface area contributed by atoms with Crippen LogP contribution >= 0.6 is 0 Å². The Morgan fingerprint density at radius 3 is 1.16 bits per heavy atom. The molecule has 16 N–H and O–H groups in total. The molecule has 758 valence electrons. The van der Waals surface area contributed by atoms with Crippen molar-refractivity contribution in [2.24, 2.45) is 0 Å². The number of nitro groups is 1. The molecule has 0 saturated carbocycles. The molecule has 8 aromatic carbocycles. The van der Waals surface area contributed by atoms with Crippen LogP contribution in [0.1, 0.15) is 146 Å². The Bertz CT molecular complexity index is 6060. The summed E-state index contributed by atoms with van der Waals surface area (Å²) >= 11 is 0. The summed E-state index contributed by atoms with van der Waals surface area (Å²) in [5.41, 5.74) is 18.2. The lowest BCUT2D eigenvalue weighted by Gasteiger charge is -2.29. The first-order valence-corrected chi connectivity index (χ1v) is 56.1. The first kappa shape index (κ1) is 117. The van der Waals surface area contributed by atoms with E-state index in [1.807, 2.05) is 196 Å². The average molecular weight is 2050 g/mol. The van der Waals surface area contributed by atoms with Crippen molar-refractivity contribution in [1.82, 2.24) is 40.2 Å². The Hall–Kier alpha value is -8.79. The van der Waals surface area contributed by atoms with Crippen LogP contribution in [-0.4, -0.2) is 279 Å². The molecule has 2 aliphatic heterocycles. The zero-order chi connectivity index (χ0) is 101. The third-order valence-corrected chi connectivity index (χ3v) is 28.6. The number of fused-ring (bicyclic) bond motifs is 6. The van der Waals surface area contributed by atoms with Crippen molar-refractivity contribution in [1.29, 1.82) is 0 Å². The van der Waals surface area contributed by atoms with E-state index in [1.165, 1.54) is 39.4 Å². The van der Waals surface area contributed by atoms with E-state index >= 15 is 0 Å². The maximum Gasteiger partial charge on any atom is 0.270 e. The summed E-state index contributed by atoms with van der Waals surface area (Å²) in [5, 5.41) is 40.0. The molecule has 0 spiro atoms. The molecule has 12 rings (SSSR count). The molecule has 0 aliphatic carbocycles. The number of hydrogen-bond acceptors (Lipinski definition) is 24. The predicted molar refractivity (Wildman–Crippen MR) is 535 cm³/mol. The van der Waals surface area contributed by atoms with Crippen LogP contribution in [0.2, 0.25) is 0 Å².